The molecule has 2 aromatic rings. The van der Waals surface area contributed by atoms with Gasteiger partial charge in [0.2, 0.25) is 5.91 Å². The van der Waals surface area contributed by atoms with E-state index in [9.17, 15) is 23.6 Å². The summed E-state index contributed by atoms with van der Waals surface area (Å²) in [5.41, 5.74) is -0.364. The van der Waals surface area contributed by atoms with Crippen molar-refractivity contribution >= 4 is 41.0 Å². The first-order chi connectivity index (χ1) is 17.2. The Bertz CT molecular complexity index is 1200. The van der Waals surface area contributed by atoms with Crippen molar-refractivity contribution in [2.75, 3.05) is 40.5 Å². The Balaban J connectivity index is 1.39. The van der Waals surface area contributed by atoms with Gasteiger partial charge in [-0.3, -0.25) is 9.69 Å². The minimum absolute atomic E-state index is 0.0354. The average molecular weight is 520 g/mol. The lowest BCUT2D eigenvalue weighted by Gasteiger charge is -2.39. The maximum Gasteiger partial charge on any atom is 0.414 e. The van der Waals surface area contributed by atoms with Crippen LogP contribution in [-0.4, -0.2) is 49.0 Å². The first-order valence-corrected chi connectivity index (χ1v) is 12.2. The number of nitrogens with one attached hydrogen (secondary N) is 2. The number of ether oxygens (including phenoxy) is 1. The van der Waals surface area contributed by atoms with Crippen LogP contribution in [0.25, 0.3) is 0 Å². The van der Waals surface area contributed by atoms with Gasteiger partial charge in [0.1, 0.15) is 29.1 Å². The van der Waals surface area contributed by atoms with E-state index < -0.39 is 35.2 Å². The molecule has 2 heterocycles. The van der Waals surface area contributed by atoms with Gasteiger partial charge in [-0.2, -0.15) is 5.26 Å². The molecule has 0 saturated carbocycles. The summed E-state index contributed by atoms with van der Waals surface area (Å²) in [5.74, 6) is -1.86. The number of cyclic esters (lactones) is 1. The molecule has 8 nitrogen and oxygen atoms in total. The topological polar surface area (TPSA) is 97.7 Å². The smallest absolute Gasteiger partial charge is 0.414 e. The third kappa shape index (κ3) is 5.62. The van der Waals surface area contributed by atoms with Crippen LogP contribution < -0.4 is 19.8 Å². The third-order valence-electron chi connectivity index (χ3n) is 6.08. The molecular formula is C24H24F3N5O3S. The molecule has 36 heavy (non-hydrogen) atoms. The molecule has 2 amide bonds. The molecule has 0 bridgehead atoms. The molecule has 2 fully saturated rings. The van der Waals surface area contributed by atoms with Gasteiger partial charge in [0.25, 0.3) is 0 Å². The van der Waals surface area contributed by atoms with Crippen LogP contribution in [0.4, 0.5) is 35.0 Å². The highest BCUT2D eigenvalue weighted by Crippen LogP contribution is 2.33. The van der Waals surface area contributed by atoms with Gasteiger partial charge in [0.15, 0.2) is 0 Å². The molecular weight excluding hydrogens is 495 g/mol. The van der Waals surface area contributed by atoms with Gasteiger partial charge in [0.05, 0.1) is 35.4 Å². The number of benzene rings is 2. The van der Waals surface area contributed by atoms with E-state index in [1.807, 2.05) is 0 Å². The van der Waals surface area contributed by atoms with Crippen molar-refractivity contribution in [2.45, 2.75) is 31.4 Å². The summed E-state index contributed by atoms with van der Waals surface area (Å²) in [7, 11) is 0. The lowest BCUT2D eigenvalue weighted by atomic mass is 9.88. The Morgan fingerprint density at radius 1 is 1.19 bits per heavy atom. The first kappa shape index (κ1) is 25.5. The number of hydrogen-bond acceptors (Lipinski definition) is 7. The van der Waals surface area contributed by atoms with E-state index in [1.54, 1.807) is 17.0 Å². The largest absolute Gasteiger partial charge is 0.443 e. The van der Waals surface area contributed by atoms with Gasteiger partial charge in [-0.1, -0.05) is 0 Å². The Kier molecular flexibility index (Phi) is 7.49. The maximum atomic E-state index is 15.1. The zero-order valence-corrected chi connectivity index (χ0v) is 20.2. The fraction of sp³-hybridized carbons (Fsp3) is 0.375. The molecule has 1 atom stereocenters. The molecule has 2 N–H and O–H groups in total. The third-order valence-corrected chi connectivity index (χ3v) is 7.05. The quantitative estimate of drug-likeness (QED) is 0.530. The lowest BCUT2D eigenvalue weighted by Crippen LogP contribution is -2.48. The zero-order valence-electron chi connectivity index (χ0n) is 19.4. The zero-order chi connectivity index (χ0) is 25.9. The molecule has 0 aliphatic carbocycles. The maximum absolute atomic E-state index is 15.1. The van der Waals surface area contributed by atoms with Gasteiger partial charge in [-0.25, -0.2) is 18.0 Å². The van der Waals surface area contributed by atoms with Crippen LogP contribution in [0.3, 0.4) is 0 Å². The van der Waals surface area contributed by atoms with Crippen LogP contribution in [-0.2, 0) is 9.53 Å². The number of carbonyl (C=O) groups is 2. The number of nitrogens with zero attached hydrogens (tertiary/aromatic N) is 3. The van der Waals surface area contributed by atoms with Gasteiger partial charge in [-0.15, -0.1) is 0 Å². The highest BCUT2D eigenvalue weighted by molar-refractivity contribution is 7.97. The summed E-state index contributed by atoms with van der Waals surface area (Å²) in [6, 6.07) is 9.77. The molecule has 2 saturated heterocycles. The summed E-state index contributed by atoms with van der Waals surface area (Å²) in [6.45, 7) is 2.26. The summed E-state index contributed by atoms with van der Waals surface area (Å²) < 4.78 is 50.2. The molecule has 190 valence electrons. The number of carbonyl (C=O) groups excluding carboxylic acids is 2. The van der Waals surface area contributed by atoms with Gasteiger partial charge >= 0.3 is 6.09 Å². The Hall–Kier alpha value is -3.59. The van der Waals surface area contributed by atoms with E-state index in [4.69, 9.17) is 4.74 Å². The van der Waals surface area contributed by atoms with Crippen molar-refractivity contribution in [2.24, 2.45) is 0 Å². The molecule has 2 aromatic carbocycles. The fourth-order valence-corrected chi connectivity index (χ4v) is 4.86. The predicted octanol–water partition coefficient (Wildman–Crippen LogP) is 4.19. The minimum Gasteiger partial charge on any atom is -0.443 e. The molecule has 4 rings (SSSR count). The normalized spacial score (nSPS) is 19.0. The second-order valence-electron chi connectivity index (χ2n) is 8.65. The molecule has 2 aliphatic heterocycles. The van der Waals surface area contributed by atoms with Crippen molar-refractivity contribution in [1.29, 1.82) is 5.26 Å². The average Bonchev–Trinajstić information content (AvgIpc) is 3.21. The van der Waals surface area contributed by atoms with Crippen molar-refractivity contribution in [3.8, 4) is 6.07 Å². The summed E-state index contributed by atoms with van der Waals surface area (Å²) in [6.07, 6.45) is -0.468. The number of halogens is 3. The first-order valence-electron chi connectivity index (χ1n) is 11.3. The van der Waals surface area contributed by atoms with Crippen LogP contribution in [0.1, 0.15) is 19.8 Å². The number of hydrogen-bond donors (Lipinski definition) is 2. The Morgan fingerprint density at radius 3 is 2.58 bits per heavy atom. The van der Waals surface area contributed by atoms with Crippen LogP contribution in [0.2, 0.25) is 0 Å². The van der Waals surface area contributed by atoms with Crippen molar-refractivity contribution in [3.05, 3.63) is 53.8 Å². The van der Waals surface area contributed by atoms with E-state index in [1.165, 1.54) is 24.0 Å². The lowest BCUT2D eigenvalue weighted by molar-refractivity contribution is -0.117. The van der Waals surface area contributed by atoms with Gasteiger partial charge in [0, 0.05) is 38.9 Å². The van der Waals surface area contributed by atoms with E-state index in [2.05, 4.69) is 16.1 Å². The van der Waals surface area contributed by atoms with Crippen LogP contribution in [0, 0.1) is 28.8 Å². The highest BCUT2D eigenvalue weighted by Gasteiger charge is 2.37. The van der Waals surface area contributed by atoms with Crippen LogP contribution in [0.5, 0.6) is 0 Å². The molecule has 2 aliphatic rings. The second-order valence-corrected chi connectivity index (χ2v) is 9.48. The number of rotatable bonds is 7. The standard InChI is InChI=1S/C24H24F3N5O3S/c1-15(33)30-36-13-18-12-32(23(34)35-18)17-3-5-22(20(27)11-17)31-8-6-24(14-28,7-9-31)29-21-4-2-16(25)10-19(21)26/h2-5,10-11,18,29H,6-9,12-13H2,1H3,(H,30,33). The van der Waals surface area contributed by atoms with Crippen molar-refractivity contribution < 1.29 is 27.5 Å². The SMILES string of the molecule is CC(=O)NSCC1CN(c2ccc(N3CCC(C#N)(Nc4ccc(F)cc4F)CC3)c(F)c2)C(=O)O1. The van der Waals surface area contributed by atoms with Crippen LogP contribution in [0.15, 0.2) is 36.4 Å². The Morgan fingerprint density at radius 2 is 1.94 bits per heavy atom. The van der Waals surface area contributed by atoms with E-state index in [0.717, 1.165) is 24.1 Å². The number of amides is 2. The number of nitriles is 1. The van der Waals surface area contributed by atoms with Crippen molar-refractivity contribution in [1.82, 2.24) is 4.72 Å². The van der Waals surface area contributed by atoms with Crippen molar-refractivity contribution in [3.63, 3.8) is 0 Å². The second kappa shape index (κ2) is 10.6. The molecule has 0 radical (unpaired) electrons. The van der Waals surface area contributed by atoms with Crippen LogP contribution >= 0.6 is 11.9 Å². The predicted molar refractivity (Wildman–Crippen MR) is 130 cm³/mol. The van der Waals surface area contributed by atoms with Gasteiger partial charge < -0.3 is 19.7 Å². The van der Waals surface area contributed by atoms with E-state index >= 15 is 4.39 Å². The molecule has 0 aromatic heterocycles. The summed E-state index contributed by atoms with van der Waals surface area (Å²) in [4.78, 5) is 26.4. The molecule has 0 spiro atoms. The number of anilines is 3. The summed E-state index contributed by atoms with van der Waals surface area (Å²) in [5, 5.41) is 12.7. The number of piperidine rings is 1. The van der Waals surface area contributed by atoms with E-state index in [-0.39, 0.29) is 31.0 Å². The summed E-state index contributed by atoms with van der Waals surface area (Å²) >= 11 is 1.14. The monoisotopic (exact) mass is 519 g/mol. The minimum atomic E-state index is -1.07. The highest BCUT2D eigenvalue weighted by atomic mass is 32.2. The Labute approximate surface area is 210 Å². The molecule has 12 heteroatoms. The van der Waals surface area contributed by atoms with E-state index in [0.29, 0.717) is 30.2 Å². The fourth-order valence-electron chi connectivity index (χ4n) is 4.22. The molecule has 1 unspecified atom stereocenters. The van der Waals surface area contributed by atoms with Gasteiger partial charge in [-0.05, 0) is 42.3 Å².